The Hall–Kier alpha value is -2.36. The first-order valence-corrected chi connectivity index (χ1v) is 5.44. The fraction of sp³-hybridized carbons (Fsp3) is 0.143. The van der Waals surface area contributed by atoms with Gasteiger partial charge in [0.2, 0.25) is 11.7 Å². The molecule has 18 heavy (non-hydrogen) atoms. The molecule has 4 heteroatoms. The zero-order chi connectivity index (χ0) is 13.0. The van der Waals surface area contributed by atoms with Crippen molar-refractivity contribution in [2.75, 3.05) is 14.2 Å². The Kier molecular flexibility index (Phi) is 3.57. The number of nitrogens with zero attached hydrogens (tertiary/aromatic N) is 1. The van der Waals surface area contributed by atoms with Crippen molar-refractivity contribution in [3.05, 3.63) is 53.7 Å². The fourth-order valence-electron chi connectivity index (χ4n) is 1.57. The van der Waals surface area contributed by atoms with Crippen LogP contribution in [0, 0.1) is 0 Å². The number of methoxy groups -OCH3 is 2. The van der Waals surface area contributed by atoms with Crippen molar-refractivity contribution < 1.29 is 14.3 Å². The largest absolute Gasteiger partial charge is 0.497 e. The van der Waals surface area contributed by atoms with Crippen LogP contribution in [0.4, 0.5) is 0 Å². The van der Waals surface area contributed by atoms with E-state index < -0.39 is 0 Å². The summed E-state index contributed by atoms with van der Waals surface area (Å²) in [6.45, 7) is 0. The van der Waals surface area contributed by atoms with Crippen molar-refractivity contribution in [2.45, 2.75) is 0 Å². The third-order valence-electron chi connectivity index (χ3n) is 2.50. The second-order valence-corrected chi connectivity index (χ2v) is 3.63. The Labute approximate surface area is 105 Å². The fourth-order valence-corrected chi connectivity index (χ4v) is 1.57. The lowest BCUT2D eigenvalue weighted by Crippen LogP contribution is -2.05. The minimum Gasteiger partial charge on any atom is -0.497 e. The van der Waals surface area contributed by atoms with Gasteiger partial charge < -0.3 is 9.47 Å². The van der Waals surface area contributed by atoms with Crippen LogP contribution in [-0.4, -0.2) is 25.0 Å². The number of ketones is 1. The van der Waals surface area contributed by atoms with E-state index >= 15 is 0 Å². The summed E-state index contributed by atoms with van der Waals surface area (Å²) in [6.07, 6.45) is 0. The summed E-state index contributed by atoms with van der Waals surface area (Å²) in [4.78, 5) is 16.3. The smallest absolute Gasteiger partial charge is 0.213 e. The summed E-state index contributed by atoms with van der Waals surface area (Å²) in [5, 5.41) is 0. The van der Waals surface area contributed by atoms with Crippen molar-refractivity contribution in [2.24, 2.45) is 0 Å². The van der Waals surface area contributed by atoms with Gasteiger partial charge in [-0.2, -0.15) is 0 Å². The molecule has 0 amide bonds. The van der Waals surface area contributed by atoms with E-state index in [1.165, 1.54) is 7.11 Å². The van der Waals surface area contributed by atoms with Crippen molar-refractivity contribution >= 4 is 5.78 Å². The van der Waals surface area contributed by atoms with Crippen molar-refractivity contribution in [1.82, 2.24) is 4.98 Å². The van der Waals surface area contributed by atoms with Gasteiger partial charge in [0.05, 0.1) is 14.2 Å². The number of carbonyl (C=O) groups is 1. The van der Waals surface area contributed by atoms with Crippen LogP contribution in [0.1, 0.15) is 16.1 Å². The molecule has 92 valence electrons. The lowest BCUT2D eigenvalue weighted by atomic mass is 10.1. The molecule has 0 fully saturated rings. The van der Waals surface area contributed by atoms with E-state index in [1.807, 2.05) is 0 Å². The van der Waals surface area contributed by atoms with E-state index in [9.17, 15) is 4.79 Å². The maximum Gasteiger partial charge on any atom is 0.213 e. The molecule has 1 heterocycles. The Bertz CT molecular complexity index is 517. The minimum atomic E-state index is -0.159. The molecule has 0 saturated carbocycles. The first-order chi connectivity index (χ1) is 8.74. The van der Waals surface area contributed by atoms with E-state index in [0.717, 1.165) is 0 Å². The molecular weight excluding hydrogens is 230 g/mol. The number of ether oxygens (including phenoxy) is 2. The predicted octanol–water partition coefficient (Wildman–Crippen LogP) is 2.33. The van der Waals surface area contributed by atoms with Gasteiger partial charge in [0, 0.05) is 11.6 Å². The molecule has 2 rings (SSSR count). The number of hydrogen-bond donors (Lipinski definition) is 0. The van der Waals surface area contributed by atoms with E-state index in [2.05, 4.69) is 4.98 Å². The standard InChI is InChI=1S/C14H13NO3/c1-17-11-6-3-5-10(9-11)14(16)12-7-4-8-13(15-12)18-2/h3-9H,1-2H3. The highest BCUT2D eigenvalue weighted by Gasteiger charge is 2.11. The first kappa shape index (κ1) is 12.1. The van der Waals surface area contributed by atoms with Gasteiger partial charge in [0.25, 0.3) is 0 Å². The average Bonchev–Trinajstić information content (AvgIpc) is 2.46. The van der Waals surface area contributed by atoms with Crippen LogP contribution in [0.3, 0.4) is 0 Å². The highest BCUT2D eigenvalue weighted by Crippen LogP contribution is 2.16. The zero-order valence-electron chi connectivity index (χ0n) is 10.2. The molecule has 0 aliphatic rings. The molecule has 2 aromatic rings. The molecule has 1 aromatic carbocycles. The second-order valence-electron chi connectivity index (χ2n) is 3.63. The van der Waals surface area contributed by atoms with E-state index in [-0.39, 0.29) is 5.78 Å². The normalized spacial score (nSPS) is 9.89. The molecule has 1 aromatic heterocycles. The SMILES string of the molecule is COc1cccc(C(=O)c2cccc(OC)n2)c1. The predicted molar refractivity (Wildman–Crippen MR) is 67.2 cm³/mol. The van der Waals surface area contributed by atoms with Crippen LogP contribution in [-0.2, 0) is 0 Å². The summed E-state index contributed by atoms with van der Waals surface area (Å²) in [5.41, 5.74) is 0.887. The van der Waals surface area contributed by atoms with Gasteiger partial charge in [-0.05, 0) is 18.2 Å². The summed E-state index contributed by atoms with van der Waals surface area (Å²) in [6, 6.07) is 12.1. The summed E-state index contributed by atoms with van der Waals surface area (Å²) < 4.78 is 10.1. The van der Waals surface area contributed by atoms with Crippen LogP contribution < -0.4 is 9.47 Å². The minimum absolute atomic E-state index is 0.159. The van der Waals surface area contributed by atoms with Crippen molar-refractivity contribution in [1.29, 1.82) is 0 Å². The van der Waals surface area contributed by atoms with Gasteiger partial charge in [0.15, 0.2) is 0 Å². The number of rotatable bonds is 4. The van der Waals surface area contributed by atoms with E-state index in [1.54, 1.807) is 49.6 Å². The highest BCUT2D eigenvalue weighted by atomic mass is 16.5. The lowest BCUT2D eigenvalue weighted by Gasteiger charge is -2.04. The van der Waals surface area contributed by atoms with Gasteiger partial charge in [-0.1, -0.05) is 18.2 Å². The Morgan fingerprint density at radius 3 is 2.56 bits per heavy atom. The molecule has 0 aliphatic heterocycles. The molecule has 4 nitrogen and oxygen atoms in total. The zero-order valence-corrected chi connectivity index (χ0v) is 10.2. The highest BCUT2D eigenvalue weighted by molar-refractivity contribution is 6.07. The Morgan fingerprint density at radius 2 is 1.83 bits per heavy atom. The maximum absolute atomic E-state index is 12.2. The monoisotopic (exact) mass is 243 g/mol. The van der Waals surface area contributed by atoms with Crippen molar-refractivity contribution in [3.8, 4) is 11.6 Å². The van der Waals surface area contributed by atoms with Crippen molar-refractivity contribution in [3.63, 3.8) is 0 Å². The number of benzene rings is 1. The van der Waals surface area contributed by atoms with Crippen LogP contribution in [0.5, 0.6) is 11.6 Å². The number of pyridine rings is 1. The Morgan fingerprint density at radius 1 is 1.06 bits per heavy atom. The molecular formula is C14H13NO3. The van der Waals surface area contributed by atoms with Crippen LogP contribution in [0.25, 0.3) is 0 Å². The van der Waals surface area contributed by atoms with Crippen LogP contribution >= 0.6 is 0 Å². The van der Waals surface area contributed by atoms with Gasteiger partial charge in [0.1, 0.15) is 11.4 Å². The Balaban J connectivity index is 2.34. The van der Waals surface area contributed by atoms with Gasteiger partial charge in [-0.15, -0.1) is 0 Å². The van der Waals surface area contributed by atoms with Gasteiger partial charge >= 0.3 is 0 Å². The molecule has 0 spiro atoms. The van der Waals surface area contributed by atoms with E-state index in [4.69, 9.17) is 9.47 Å². The number of carbonyl (C=O) groups excluding carboxylic acids is 1. The third-order valence-corrected chi connectivity index (χ3v) is 2.50. The maximum atomic E-state index is 12.2. The molecule has 0 atom stereocenters. The molecule has 0 radical (unpaired) electrons. The number of hydrogen-bond acceptors (Lipinski definition) is 4. The van der Waals surface area contributed by atoms with Gasteiger partial charge in [-0.3, -0.25) is 4.79 Å². The second kappa shape index (κ2) is 5.31. The topological polar surface area (TPSA) is 48.4 Å². The first-order valence-electron chi connectivity index (χ1n) is 5.44. The van der Waals surface area contributed by atoms with Crippen LogP contribution in [0.2, 0.25) is 0 Å². The quantitative estimate of drug-likeness (QED) is 0.773. The molecule has 0 unspecified atom stereocenters. The molecule has 0 bridgehead atoms. The number of aromatic nitrogens is 1. The third kappa shape index (κ3) is 2.48. The average molecular weight is 243 g/mol. The van der Waals surface area contributed by atoms with Gasteiger partial charge in [-0.25, -0.2) is 4.98 Å². The summed E-state index contributed by atoms with van der Waals surface area (Å²) in [5.74, 6) is 0.903. The van der Waals surface area contributed by atoms with Crippen LogP contribution in [0.15, 0.2) is 42.5 Å². The molecule has 0 saturated heterocycles. The summed E-state index contributed by atoms with van der Waals surface area (Å²) >= 11 is 0. The lowest BCUT2D eigenvalue weighted by molar-refractivity contribution is 0.103. The molecule has 0 aliphatic carbocycles. The molecule has 0 N–H and O–H groups in total. The van der Waals surface area contributed by atoms with E-state index in [0.29, 0.717) is 22.9 Å². The summed E-state index contributed by atoms with van der Waals surface area (Å²) in [7, 11) is 3.08.